The van der Waals surface area contributed by atoms with Crippen LogP contribution in [0.2, 0.25) is 5.02 Å². The van der Waals surface area contributed by atoms with Crippen LogP contribution >= 0.6 is 11.6 Å². The third-order valence-electron chi connectivity index (χ3n) is 4.78. The highest BCUT2D eigenvalue weighted by molar-refractivity contribution is 6.31. The van der Waals surface area contributed by atoms with Gasteiger partial charge in [0.15, 0.2) is 5.52 Å². The van der Waals surface area contributed by atoms with Crippen molar-refractivity contribution >= 4 is 22.5 Å². The van der Waals surface area contributed by atoms with Crippen LogP contribution in [-0.4, -0.2) is 19.5 Å². The summed E-state index contributed by atoms with van der Waals surface area (Å²) in [4.78, 5) is 12.6. The number of pyridine rings is 1. The molecule has 4 rings (SSSR count). The van der Waals surface area contributed by atoms with Crippen molar-refractivity contribution in [2.24, 2.45) is 7.05 Å². The summed E-state index contributed by atoms with van der Waals surface area (Å²) in [5.74, 6) is 0. The maximum Gasteiger partial charge on any atom is 0.417 e. The van der Waals surface area contributed by atoms with Crippen LogP contribution in [0, 0.1) is 0 Å². The van der Waals surface area contributed by atoms with Crippen LogP contribution in [0.25, 0.3) is 10.9 Å². The van der Waals surface area contributed by atoms with Crippen LogP contribution in [0.15, 0.2) is 35.3 Å². The van der Waals surface area contributed by atoms with E-state index in [2.05, 4.69) is 5.10 Å². The van der Waals surface area contributed by atoms with Crippen molar-refractivity contribution in [3.05, 3.63) is 62.7 Å². The number of benzene rings is 1. The molecule has 1 aliphatic rings. The Bertz CT molecular complexity index is 1100. The van der Waals surface area contributed by atoms with Gasteiger partial charge in [-0.25, -0.2) is 0 Å². The third kappa shape index (κ3) is 3.02. The Morgan fingerprint density at radius 2 is 2.00 bits per heavy atom. The van der Waals surface area contributed by atoms with Gasteiger partial charge in [0.05, 0.1) is 16.3 Å². The Morgan fingerprint density at radius 1 is 1.30 bits per heavy atom. The van der Waals surface area contributed by atoms with Crippen molar-refractivity contribution in [3.63, 3.8) is 0 Å². The number of nitrogens with zero attached hydrogens (tertiary/aromatic N) is 3. The number of alkyl halides is 3. The second kappa shape index (κ2) is 6.10. The monoisotopic (exact) mass is 397 g/mol. The summed E-state index contributed by atoms with van der Waals surface area (Å²) in [6, 6.07) is 4.97. The Morgan fingerprint density at radius 3 is 2.59 bits per heavy atom. The molecular formula is C18H15ClF3N3O2. The predicted octanol–water partition coefficient (Wildman–Crippen LogP) is 3.82. The second-order valence-electron chi connectivity index (χ2n) is 6.67. The van der Waals surface area contributed by atoms with Crippen molar-refractivity contribution in [2.45, 2.75) is 31.2 Å². The van der Waals surface area contributed by atoms with E-state index >= 15 is 0 Å². The van der Waals surface area contributed by atoms with Gasteiger partial charge in [0.25, 0.3) is 5.56 Å². The molecule has 2 heterocycles. The summed E-state index contributed by atoms with van der Waals surface area (Å²) in [7, 11) is 1.57. The van der Waals surface area contributed by atoms with Gasteiger partial charge < -0.3 is 9.67 Å². The molecule has 3 aromatic rings. The molecule has 0 saturated heterocycles. The molecular weight excluding hydrogens is 383 g/mol. The summed E-state index contributed by atoms with van der Waals surface area (Å²) in [6.45, 7) is 0. The molecule has 1 unspecified atom stereocenters. The molecule has 1 fully saturated rings. The van der Waals surface area contributed by atoms with Crippen molar-refractivity contribution in [1.82, 2.24) is 14.3 Å². The highest BCUT2D eigenvalue weighted by Crippen LogP contribution is 2.38. The van der Waals surface area contributed by atoms with Gasteiger partial charge in [0.1, 0.15) is 6.10 Å². The molecule has 0 aliphatic heterocycles. The molecule has 0 amide bonds. The Balaban J connectivity index is 1.80. The summed E-state index contributed by atoms with van der Waals surface area (Å²) < 4.78 is 41.6. The zero-order valence-electron chi connectivity index (χ0n) is 14.2. The SMILES string of the molecule is Cn1nc2c(=O)n(C3CC3)ccc2c1C(O)c1ccc(C(F)(F)F)c(Cl)c1. The number of rotatable bonds is 3. The standard InChI is InChI=1S/C18H15ClF3N3O2/c1-24-15(11-6-7-25(10-3-4-10)17(27)14(11)23-24)16(26)9-2-5-12(13(19)8-9)18(20,21)22/h2,5-8,10,16,26H,3-4H2,1H3. The average Bonchev–Trinajstić information content (AvgIpc) is 3.36. The van der Waals surface area contributed by atoms with E-state index in [4.69, 9.17) is 11.6 Å². The highest BCUT2D eigenvalue weighted by Gasteiger charge is 2.34. The van der Waals surface area contributed by atoms with Gasteiger partial charge in [0.2, 0.25) is 0 Å². The fraction of sp³-hybridized carbons (Fsp3) is 0.333. The van der Waals surface area contributed by atoms with Gasteiger partial charge in [-0.05, 0) is 36.6 Å². The van der Waals surface area contributed by atoms with Crippen LogP contribution in [0.1, 0.15) is 41.8 Å². The molecule has 27 heavy (non-hydrogen) atoms. The number of hydrogen-bond donors (Lipinski definition) is 1. The van der Waals surface area contributed by atoms with E-state index < -0.39 is 22.9 Å². The van der Waals surface area contributed by atoms with E-state index in [-0.39, 0.29) is 22.7 Å². The largest absolute Gasteiger partial charge is 0.417 e. The van der Waals surface area contributed by atoms with E-state index in [1.54, 1.807) is 23.9 Å². The molecule has 0 radical (unpaired) electrons. The number of hydrogen-bond acceptors (Lipinski definition) is 3. The molecule has 9 heteroatoms. The second-order valence-corrected chi connectivity index (χ2v) is 7.08. The average molecular weight is 398 g/mol. The number of aliphatic hydroxyl groups is 1. The Labute approximate surface area is 156 Å². The van der Waals surface area contributed by atoms with Crippen LogP contribution in [0.5, 0.6) is 0 Å². The summed E-state index contributed by atoms with van der Waals surface area (Å²) in [6.07, 6.45) is -2.31. The minimum Gasteiger partial charge on any atom is -0.382 e. The minimum absolute atomic E-state index is 0.185. The Hall–Kier alpha value is -2.32. The summed E-state index contributed by atoms with van der Waals surface area (Å²) in [5.41, 5.74) is -0.485. The van der Waals surface area contributed by atoms with Crippen LogP contribution in [-0.2, 0) is 13.2 Å². The molecule has 1 aromatic carbocycles. The van der Waals surface area contributed by atoms with Gasteiger partial charge in [-0.1, -0.05) is 17.7 Å². The minimum atomic E-state index is -4.58. The number of aliphatic hydroxyl groups excluding tert-OH is 1. The Kier molecular flexibility index (Phi) is 4.08. The number of fused-ring (bicyclic) bond motifs is 1. The summed E-state index contributed by atoms with van der Waals surface area (Å²) in [5, 5.41) is 14.9. The lowest BCUT2D eigenvalue weighted by Gasteiger charge is -2.15. The normalized spacial score (nSPS) is 16.1. The molecule has 1 N–H and O–H groups in total. The maximum atomic E-state index is 12.9. The fourth-order valence-electron chi connectivity index (χ4n) is 3.27. The predicted molar refractivity (Wildman–Crippen MR) is 93.8 cm³/mol. The zero-order chi connectivity index (χ0) is 19.5. The lowest BCUT2D eigenvalue weighted by atomic mass is 10.0. The van der Waals surface area contributed by atoms with Crippen molar-refractivity contribution < 1.29 is 18.3 Å². The van der Waals surface area contributed by atoms with Crippen molar-refractivity contribution in [2.75, 3.05) is 0 Å². The number of aromatic nitrogens is 3. The smallest absolute Gasteiger partial charge is 0.382 e. The lowest BCUT2D eigenvalue weighted by Crippen LogP contribution is -2.18. The molecule has 1 atom stereocenters. The van der Waals surface area contributed by atoms with Gasteiger partial charge >= 0.3 is 6.18 Å². The molecule has 0 bridgehead atoms. The van der Waals surface area contributed by atoms with E-state index in [9.17, 15) is 23.1 Å². The lowest BCUT2D eigenvalue weighted by molar-refractivity contribution is -0.137. The highest BCUT2D eigenvalue weighted by atomic mass is 35.5. The van der Waals surface area contributed by atoms with Gasteiger partial charge in [-0.2, -0.15) is 18.3 Å². The number of halogens is 4. The molecule has 1 aliphatic carbocycles. The van der Waals surface area contributed by atoms with E-state index in [1.165, 1.54) is 10.7 Å². The fourth-order valence-corrected chi connectivity index (χ4v) is 3.57. The first-order valence-electron chi connectivity index (χ1n) is 8.31. The van der Waals surface area contributed by atoms with E-state index in [1.807, 2.05) is 0 Å². The third-order valence-corrected chi connectivity index (χ3v) is 5.09. The van der Waals surface area contributed by atoms with Gasteiger partial charge in [0, 0.05) is 24.7 Å². The van der Waals surface area contributed by atoms with Crippen molar-refractivity contribution in [1.29, 1.82) is 0 Å². The zero-order valence-corrected chi connectivity index (χ0v) is 14.9. The quantitative estimate of drug-likeness (QED) is 0.730. The molecule has 0 spiro atoms. The maximum absolute atomic E-state index is 12.9. The summed E-state index contributed by atoms with van der Waals surface area (Å²) >= 11 is 5.76. The first-order chi connectivity index (χ1) is 12.7. The van der Waals surface area contributed by atoms with Crippen LogP contribution in [0.3, 0.4) is 0 Å². The first kappa shape index (κ1) is 18.1. The van der Waals surface area contributed by atoms with Gasteiger partial charge in [-0.3, -0.25) is 9.48 Å². The molecule has 142 valence electrons. The molecule has 5 nitrogen and oxygen atoms in total. The van der Waals surface area contributed by atoms with Crippen molar-refractivity contribution in [3.8, 4) is 0 Å². The molecule has 2 aromatic heterocycles. The first-order valence-corrected chi connectivity index (χ1v) is 8.68. The number of aryl methyl sites for hydroxylation is 1. The molecule has 1 saturated carbocycles. The van der Waals surface area contributed by atoms with Crippen LogP contribution < -0.4 is 5.56 Å². The van der Waals surface area contributed by atoms with Gasteiger partial charge in [-0.15, -0.1) is 0 Å². The topological polar surface area (TPSA) is 60.0 Å². The van der Waals surface area contributed by atoms with E-state index in [0.29, 0.717) is 11.1 Å². The van der Waals surface area contributed by atoms with Crippen LogP contribution in [0.4, 0.5) is 13.2 Å². The van der Waals surface area contributed by atoms with E-state index in [0.717, 1.165) is 25.0 Å².